The molecule has 1 unspecified atom stereocenters. The number of H-pyrrole nitrogens is 1. The molecule has 120 valence electrons. The summed E-state index contributed by atoms with van der Waals surface area (Å²) in [6.07, 6.45) is 0.265. The number of amides is 2. The summed E-state index contributed by atoms with van der Waals surface area (Å²) in [6, 6.07) is 0.251. The molecule has 9 nitrogen and oxygen atoms in total. The van der Waals surface area contributed by atoms with Gasteiger partial charge in [0.15, 0.2) is 0 Å². The van der Waals surface area contributed by atoms with Crippen LogP contribution in [0.3, 0.4) is 0 Å². The Kier molecular flexibility index (Phi) is 3.73. The minimum Gasteiger partial charge on any atom is -0.346 e. The van der Waals surface area contributed by atoms with Crippen LogP contribution in [0, 0.1) is 5.92 Å². The van der Waals surface area contributed by atoms with Crippen LogP contribution in [0.5, 0.6) is 0 Å². The summed E-state index contributed by atoms with van der Waals surface area (Å²) in [5.74, 6) is 0.348. The van der Waals surface area contributed by atoms with Gasteiger partial charge < -0.3 is 14.7 Å². The van der Waals surface area contributed by atoms with Crippen LogP contribution in [0.15, 0.2) is 0 Å². The zero-order valence-corrected chi connectivity index (χ0v) is 13.0. The summed E-state index contributed by atoms with van der Waals surface area (Å²) in [5, 5.41) is 9.35. The lowest BCUT2D eigenvalue weighted by Crippen LogP contribution is -2.58. The first-order valence-electron chi connectivity index (χ1n) is 7.32. The summed E-state index contributed by atoms with van der Waals surface area (Å²) < 4.78 is 0. The highest BCUT2D eigenvalue weighted by Gasteiger charge is 2.41. The molecule has 2 amide bonds. The molecule has 2 fully saturated rings. The van der Waals surface area contributed by atoms with Crippen LogP contribution in [0.1, 0.15) is 6.42 Å². The van der Waals surface area contributed by atoms with Crippen molar-refractivity contribution in [3.63, 3.8) is 0 Å². The number of carbonyl (C=O) groups is 2. The van der Waals surface area contributed by atoms with Gasteiger partial charge in [0.2, 0.25) is 23.7 Å². The van der Waals surface area contributed by atoms with E-state index in [1.807, 2.05) is 26.0 Å². The van der Waals surface area contributed by atoms with Crippen LogP contribution in [-0.4, -0.2) is 83.6 Å². The summed E-state index contributed by atoms with van der Waals surface area (Å²) in [7, 11) is 5.66. The maximum Gasteiger partial charge on any atom is 0.245 e. The molecule has 2 saturated heterocycles. The summed E-state index contributed by atoms with van der Waals surface area (Å²) in [6.45, 7) is 2.25. The third kappa shape index (κ3) is 2.76. The molecule has 2 aliphatic rings. The molecule has 0 aliphatic carbocycles. The second kappa shape index (κ2) is 5.56. The third-order valence-corrected chi connectivity index (χ3v) is 4.13. The van der Waals surface area contributed by atoms with E-state index in [-0.39, 0.29) is 30.2 Å². The van der Waals surface area contributed by atoms with Crippen molar-refractivity contribution >= 4 is 23.7 Å². The molecule has 3 rings (SSSR count). The number of carbonyl (C=O) groups excluding carboxylic acids is 2. The highest BCUT2D eigenvalue weighted by molar-refractivity contribution is 5.96. The van der Waals surface area contributed by atoms with Crippen LogP contribution in [0.25, 0.3) is 0 Å². The van der Waals surface area contributed by atoms with Crippen molar-refractivity contribution in [2.45, 2.75) is 12.5 Å². The number of hydrogen-bond donors (Lipinski definition) is 2. The van der Waals surface area contributed by atoms with Gasteiger partial charge in [-0.25, -0.2) is 5.10 Å². The number of aromatic nitrogens is 3. The Morgan fingerprint density at radius 2 is 2.09 bits per heavy atom. The molecule has 22 heavy (non-hydrogen) atoms. The van der Waals surface area contributed by atoms with E-state index in [2.05, 4.69) is 25.4 Å². The maximum atomic E-state index is 12.3. The van der Waals surface area contributed by atoms with Crippen molar-refractivity contribution in [2.75, 3.05) is 51.0 Å². The molecule has 2 N–H and O–H groups in total. The Labute approximate surface area is 128 Å². The predicted octanol–water partition coefficient (Wildman–Crippen LogP) is -1.03. The van der Waals surface area contributed by atoms with Gasteiger partial charge >= 0.3 is 0 Å². The fourth-order valence-corrected chi connectivity index (χ4v) is 2.85. The lowest BCUT2D eigenvalue weighted by atomic mass is 10.1. The molecule has 0 spiro atoms. The Bertz CT molecular complexity index is 579. The standard InChI is InChI=1S/C13H21N7O2/c1-18(2)13-15-12(16-17-13)14-11(22)8-4-10(21)20(5-8)9-6-19(3)7-9/h8-9H,4-7H2,1-3H3,(H2,14,15,16,17,22). The first-order chi connectivity index (χ1) is 10.4. The van der Waals surface area contributed by atoms with Gasteiger partial charge in [-0.1, -0.05) is 0 Å². The molecule has 3 heterocycles. The quantitative estimate of drug-likeness (QED) is 0.738. The van der Waals surface area contributed by atoms with Crippen LogP contribution < -0.4 is 10.2 Å². The van der Waals surface area contributed by atoms with Gasteiger partial charge in [0.05, 0.1) is 12.0 Å². The van der Waals surface area contributed by atoms with Gasteiger partial charge in [0.1, 0.15) is 0 Å². The largest absolute Gasteiger partial charge is 0.346 e. The summed E-state index contributed by atoms with van der Waals surface area (Å²) in [5.41, 5.74) is 0. The molecule has 0 saturated carbocycles. The monoisotopic (exact) mass is 307 g/mol. The second-order valence-corrected chi connectivity index (χ2v) is 6.19. The van der Waals surface area contributed by atoms with Gasteiger partial charge in [-0.05, 0) is 7.05 Å². The molecular formula is C13H21N7O2. The molecule has 2 aliphatic heterocycles. The number of anilines is 2. The van der Waals surface area contributed by atoms with Crippen molar-refractivity contribution < 1.29 is 9.59 Å². The maximum absolute atomic E-state index is 12.3. The van der Waals surface area contributed by atoms with Gasteiger partial charge in [-0.3, -0.25) is 14.9 Å². The summed E-state index contributed by atoms with van der Waals surface area (Å²) in [4.78, 5) is 34.2. The Morgan fingerprint density at radius 3 is 2.68 bits per heavy atom. The number of rotatable bonds is 4. The van der Waals surface area contributed by atoms with Gasteiger partial charge in [-0.2, -0.15) is 4.98 Å². The molecule has 1 aromatic rings. The minimum atomic E-state index is -0.327. The lowest BCUT2D eigenvalue weighted by Gasteiger charge is -2.42. The van der Waals surface area contributed by atoms with Crippen molar-refractivity contribution in [1.82, 2.24) is 25.0 Å². The minimum absolute atomic E-state index is 0.0600. The smallest absolute Gasteiger partial charge is 0.245 e. The Hall–Kier alpha value is -2.16. The van der Waals surface area contributed by atoms with Crippen molar-refractivity contribution in [3.05, 3.63) is 0 Å². The Balaban J connectivity index is 1.57. The zero-order valence-electron chi connectivity index (χ0n) is 13.0. The van der Waals surface area contributed by atoms with E-state index in [0.717, 1.165) is 13.1 Å². The molecule has 1 atom stereocenters. The molecule has 0 bridgehead atoms. The normalized spacial score (nSPS) is 22.8. The Morgan fingerprint density at radius 1 is 1.36 bits per heavy atom. The fourth-order valence-electron chi connectivity index (χ4n) is 2.85. The van der Waals surface area contributed by atoms with E-state index < -0.39 is 0 Å². The number of hydrogen-bond acceptors (Lipinski definition) is 6. The SMILES string of the molecule is CN1CC(N2CC(C(=O)Nc3nc(N(C)C)n[nH]3)CC2=O)C1. The van der Waals surface area contributed by atoms with Crippen LogP contribution >= 0.6 is 0 Å². The zero-order chi connectivity index (χ0) is 15.9. The molecule has 0 radical (unpaired) electrons. The number of nitrogens with one attached hydrogen (secondary N) is 2. The van der Waals surface area contributed by atoms with Crippen LogP contribution in [0.4, 0.5) is 11.9 Å². The summed E-state index contributed by atoms with van der Waals surface area (Å²) >= 11 is 0. The van der Waals surface area contributed by atoms with E-state index in [4.69, 9.17) is 0 Å². The van der Waals surface area contributed by atoms with E-state index in [1.165, 1.54) is 0 Å². The van der Waals surface area contributed by atoms with E-state index in [0.29, 0.717) is 18.4 Å². The van der Waals surface area contributed by atoms with Crippen LogP contribution in [-0.2, 0) is 9.59 Å². The van der Waals surface area contributed by atoms with E-state index in [1.54, 1.807) is 4.90 Å². The first kappa shape index (κ1) is 14.8. The molecule has 9 heteroatoms. The average Bonchev–Trinajstić information content (AvgIpc) is 3.02. The van der Waals surface area contributed by atoms with Crippen molar-refractivity contribution in [1.29, 1.82) is 0 Å². The van der Waals surface area contributed by atoms with Gasteiger partial charge in [0, 0.05) is 40.2 Å². The second-order valence-electron chi connectivity index (χ2n) is 6.19. The molecular weight excluding hydrogens is 286 g/mol. The van der Waals surface area contributed by atoms with E-state index in [9.17, 15) is 9.59 Å². The third-order valence-electron chi connectivity index (χ3n) is 4.13. The highest BCUT2D eigenvalue weighted by Crippen LogP contribution is 2.25. The predicted molar refractivity (Wildman–Crippen MR) is 80.4 cm³/mol. The van der Waals surface area contributed by atoms with Crippen molar-refractivity contribution in [3.8, 4) is 0 Å². The number of aromatic amines is 1. The highest BCUT2D eigenvalue weighted by atomic mass is 16.2. The van der Waals surface area contributed by atoms with E-state index >= 15 is 0 Å². The number of nitrogens with zero attached hydrogens (tertiary/aromatic N) is 5. The molecule has 0 aromatic carbocycles. The molecule has 1 aromatic heterocycles. The number of likely N-dealkylation sites (N-methyl/N-ethyl adjacent to an activating group) is 1. The van der Waals surface area contributed by atoms with Crippen molar-refractivity contribution in [2.24, 2.45) is 5.92 Å². The fraction of sp³-hybridized carbons (Fsp3) is 0.692. The average molecular weight is 307 g/mol. The first-order valence-corrected chi connectivity index (χ1v) is 7.32. The topological polar surface area (TPSA) is 97.5 Å². The lowest BCUT2D eigenvalue weighted by molar-refractivity contribution is -0.132. The van der Waals surface area contributed by atoms with Gasteiger partial charge in [-0.15, -0.1) is 5.10 Å². The van der Waals surface area contributed by atoms with Gasteiger partial charge in [0.25, 0.3) is 0 Å². The van der Waals surface area contributed by atoms with Crippen LogP contribution in [0.2, 0.25) is 0 Å². The number of likely N-dealkylation sites (tertiary alicyclic amines) is 2.